The van der Waals surface area contributed by atoms with Crippen molar-refractivity contribution in [3.05, 3.63) is 93.8 Å². The molecule has 0 saturated heterocycles. The highest BCUT2D eigenvalue weighted by Gasteiger charge is 2.33. The summed E-state index contributed by atoms with van der Waals surface area (Å²) in [5, 5.41) is 11.1. The van der Waals surface area contributed by atoms with Gasteiger partial charge in [-0.25, -0.2) is 12.8 Å². The van der Waals surface area contributed by atoms with Crippen LogP contribution in [0.4, 0.5) is 15.8 Å². The standard InChI is InChI=1S/C24H22FN3O6S/c1-34-23-13-10-20(28(30)31)14-22(23)26-35(32,33)21-11-4-17(5-12-21)24(29)27(19-8-9-19)15-16-2-6-18(25)7-3-16/h2-7,10-14,19,26H,8-9,15H2,1H3. The van der Waals surface area contributed by atoms with E-state index in [1.165, 1.54) is 55.6 Å². The Morgan fingerprint density at radius 2 is 1.77 bits per heavy atom. The highest BCUT2D eigenvalue weighted by molar-refractivity contribution is 7.92. The van der Waals surface area contributed by atoms with Crippen molar-refractivity contribution in [2.45, 2.75) is 30.3 Å². The van der Waals surface area contributed by atoms with Crippen LogP contribution in [0.5, 0.6) is 5.75 Å². The second-order valence-electron chi connectivity index (χ2n) is 8.06. The van der Waals surface area contributed by atoms with Crippen molar-refractivity contribution in [2.24, 2.45) is 0 Å². The Bertz CT molecular complexity index is 1360. The molecule has 0 radical (unpaired) electrons. The van der Waals surface area contributed by atoms with Crippen LogP contribution >= 0.6 is 0 Å². The number of non-ortho nitro benzene ring substituents is 1. The Morgan fingerprint density at radius 3 is 2.34 bits per heavy atom. The molecule has 11 heteroatoms. The van der Waals surface area contributed by atoms with E-state index in [-0.39, 0.29) is 39.8 Å². The van der Waals surface area contributed by atoms with Crippen LogP contribution in [0.3, 0.4) is 0 Å². The number of hydrogen-bond acceptors (Lipinski definition) is 6. The maximum atomic E-state index is 13.2. The van der Waals surface area contributed by atoms with Gasteiger partial charge in [0.2, 0.25) is 0 Å². The van der Waals surface area contributed by atoms with E-state index in [4.69, 9.17) is 4.74 Å². The molecule has 0 aromatic heterocycles. The molecule has 0 heterocycles. The molecule has 1 amide bonds. The number of halogens is 1. The Kier molecular flexibility index (Phi) is 6.70. The summed E-state index contributed by atoms with van der Waals surface area (Å²) in [6.45, 7) is 0.317. The number of carbonyl (C=O) groups is 1. The third-order valence-electron chi connectivity index (χ3n) is 5.56. The van der Waals surface area contributed by atoms with E-state index >= 15 is 0 Å². The van der Waals surface area contributed by atoms with Crippen molar-refractivity contribution < 1.29 is 27.3 Å². The summed E-state index contributed by atoms with van der Waals surface area (Å²) in [5.41, 5.74) is 0.721. The molecule has 0 atom stereocenters. The van der Waals surface area contributed by atoms with Gasteiger partial charge in [0.25, 0.3) is 21.6 Å². The molecule has 1 saturated carbocycles. The van der Waals surface area contributed by atoms with Crippen molar-refractivity contribution in [1.82, 2.24) is 4.90 Å². The van der Waals surface area contributed by atoms with Gasteiger partial charge in [-0.15, -0.1) is 0 Å². The second kappa shape index (κ2) is 9.71. The lowest BCUT2D eigenvalue weighted by Crippen LogP contribution is -2.32. The fourth-order valence-electron chi connectivity index (χ4n) is 3.57. The van der Waals surface area contributed by atoms with Crippen LogP contribution in [0.2, 0.25) is 0 Å². The van der Waals surface area contributed by atoms with Gasteiger partial charge in [0, 0.05) is 30.3 Å². The van der Waals surface area contributed by atoms with E-state index in [0.717, 1.165) is 24.5 Å². The average Bonchev–Trinajstić information content (AvgIpc) is 3.68. The molecule has 3 aromatic rings. The van der Waals surface area contributed by atoms with Crippen LogP contribution in [-0.2, 0) is 16.6 Å². The fourth-order valence-corrected chi connectivity index (χ4v) is 4.64. The Hall–Kier alpha value is -3.99. The second-order valence-corrected chi connectivity index (χ2v) is 9.74. The molecule has 0 unspecified atom stereocenters. The minimum atomic E-state index is -4.12. The monoisotopic (exact) mass is 499 g/mol. The number of sulfonamides is 1. The molecular formula is C24H22FN3O6S. The molecule has 9 nitrogen and oxygen atoms in total. The van der Waals surface area contributed by atoms with Crippen LogP contribution < -0.4 is 9.46 Å². The summed E-state index contributed by atoms with van der Waals surface area (Å²) >= 11 is 0. The molecule has 1 fully saturated rings. The van der Waals surface area contributed by atoms with Gasteiger partial charge in [-0.05, 0) is 60.9 Å². The number of nitrogens with one attached hydrogen (secondary N) is 1. The lowest BCUT2D eigenvalue weighted by atomic mass is 10.1. The lowest BCUT2D eigenvalue weighted by Gasteiger charge is -2.23. The van der Waals surface area contributed by atoms with E-state index in [2.05, 4.69) is 4.72 Å². The number of nitrogens with zero attached hydrogens (tertiary/aromatic N) is 2. The molecule has 0 bridgehead atoms. The first kappa shape index (κ1) is 24.1. The number of ether oxygens (including phenoxy) is 1. The van der Waals surface area contributed by atoms with Crippen LogP contribution in [0.15, 0.2) is 71.6 Å². The maximum absolute atomic E-state index is 13.2. The Balaban J connectivity index is 1.53. The smallest absolute Gasteiger partial charge is 0.271 e. The van der Waals surface area contributed by atoms with Crippen LogP contribution in [0.1, 0.15) is 28.8 Å². The third kappa shape index (κ3) is 5.57. The van der Waals surface area contributed by atoms with Gasteiger partial charge in [-0.1, -0.05) is 12.1 Å². The number of nitro groups is 1. The Morgan fingerprint density at radius 1 is 1.11 bits per heavy atom. The quantitative estimate of drug-likeness (QED) is 0.345. The number of rotatable bonds is 9. The predicted molar refractivity (Wildman–Crippen MR) is 126 cm³/mol. The van der Waals surface area contributed by atoms with E-state index in [9.17, 15) is 27.7 Å². The van der Waals surface area contributed by atoms with E-state index in [1.807, 2.05) is 0 Å². The number of methoxy groups -OCH3 is 1. The molecule has 1 aliphatic carbocycles. The minimum Gasteiger partial charge on any atom is -0.495 e. The maximum Gasteiger partial charge on any atom is 0.271 e. The number of benzene rings is 3. The third-order valence-corrected chi connectivity index (χ3v) is 6.95. The van der Waals surface area contributed by atoms with E-state index in [1.54, 1.807) is 17.0 Å². The molecule has 4 rings (SSSR count). The van der Waals surface area contributed by atoms with Crippen molar-refractivity contribution in [2.75, 3.05) is 11.8 Å². The van der Waals surface area contributed by atoms with Crippen LogP contribution in [-0.4, -0.2) is 37.3 Å². The molecule has 0 aliphatic heterocycles. The summed E-state index contributed by atoms with van der Waals surface area (Å²) < 4.78 is 46.4. The fraction of sp³-hybridized carbons (Fsp3) is 0.208. The number of amides is 1. The number of nitro benzene ring substituents is 1. The molecule has 182 valence electrons. The van der Waals surface area contributed by atoms with Gasteiger partial charge < -0.3 is 9.64 Å². The molecule has 1 N–H and O–H groups in total. The van der Waals surface area contributed by atoms with Crippen molar-refractivity contribution in [3.8, 4) is 5.75 Å². The first-order valence-corrected chi connectivity index (χ1v) is 12.2. The Labute approximate surface area is 201 Å². The predicted octanol–water partition coefficient (Wildman–Crippen LogP) is 4.35. The van der Waals surface area contributed by atoms with Crippen molar-refractivity contribution in [3.63, 3.8) is 0 Å². The topological polar surface area (TPSA) is 119 Å². The van der Waals surface area contributed by atoms with Gasteiger partial charge in [-0.2, -0.15) is 0 Å². The van der Waals surface area contributed by atoms with Crippen molar-refractivity contribution >= 4 is 27.3 Å². The number of hydrogen-bond donors (Lipinski definition) is 1. The zero-order chi connectivity index (χ0) is 25.2. The summed E-state index contributed by atoms with van der Waals surface area (Å²) in [6, 6.07) is 15.0. The zero-order valence-electron chi connectivity index (χ0n) is 18.7. The highest BCUT2D eigenvalue weighted by Crippen LogP contribution is 2.32. The summed E-state index contributed by atoms with van der Waals surface area (Å²) in [6.07, 6.45) is 1.74. The highest BCUT2D eigenvalue weighted by atomic mass is 32.2. The number of carbonyl (C=O) groups excluding carboxylic acids is 1. The van der Waals surface area contributed by atoms with Gasteiger partial charge in [0.05, 0.1) is 22.6 Å². The first-order chi connectivity index (χ1) is 16.7. The molecule has 35 heavy (non-hydrogen) atoms. The normalized spacial score (nSPS) is 13.2. The van der Waals surface area contributed by atoms with E-state index in [0.29, 0.717) is 12.1 Å². The van der Waals surface area contributed by atoms with Crippen LogP contribution in [0, 0.1) is 15.9 Å². The molecule has 1 aliphatic rings. The zero-order valence-corrected chi connectivity index (χ0v) is 19.5. The summed E-state index contributed by atoms with van der Waals surface area (Å²) in [5.74, 6) is -0.493. The van der Waals surface area contributed by atoms with Gasteiger partial charge in [-0.3, -0.25) is 19.6 Å². The SMILES string of the molecule is COc1ccc([N+](=O)[O-])cc1NS(=O)(=O)c1ccc(C(=O)N(Cc2ccc(F)cc2)C2CC2)cc1. The number of anilines is 1. The molecule has 0 spiro atoms. The largest absolute Gasteiger partial charge is 0.495 e. The van der Waals surface area contributed by atoms with Gasteiger partial charge in [0.1, 0.15) is 11.6 Å². The van der Waals surface area contributed by atoms with Gasteiger partial charge >= 0.3 is 0 Å². The molecular weight excluding hydrogens is 477 g/mol. The van der Waals surface area contributed by atoms with E-state index < -0.39 is 14.9 Å². The minimum absolute atomic E-state index is 0.0824. The first-order valence-electron chi connectivity index (χ1n) is 10.7. The van der Waals surface area contributed by atoms with Gasteiger partial charge in [0.15, 0.2) is 0 Å². The lowest BCUT2D eigenvalue weighted by molar-refractivity contribution is -0.384. The van der Waals surface area contributed by atoms with Crippen molar-refractivity contribution in [1.29, 1.82) is 0 Å². The molecule has 3 aromatic carbocycles. The average molecular weight is 500 g/mol. The summed E-state index contributed by atoms with van der Waals surface area (Å²) in [4.78, 5) is 25.1. The van der Waals surface area contributed by atoms with Crippen LogP contribution in [0.25, 0.3) is 0 Å². The summed E-state index contributed by atoms with van der Waals surface area (Å²) in [7, 11) is -2.80.